The van der Waals surface area contributed by atoms with E-state index in [-0.39, 0.29) is 0 Å². The summed E-state index contributed by atoms with van der Waals surface area (Å²) in [5.74, 6) is 0.687. The van der Waals surface area contributed by atoms with Crippen LogP contribution in [0.1, 0.15) is 13.8 Å². The van der Waals surface area contributed by atoms with Gasteiger partial charge in [-0.3, -0.25) is 9.97 Å². The fourth-order valence-electron chi connectivity index (χ4n) is 6.67. The first-order chi connectivity index (χ1) is 23.5. The van der Waals surface area contributed by atoms with Crippen LogP contribution in [0.25, 0.3) is 77.6 Å². The minimum absolute atomic E-state index is 0.770. The van der Waals surface area contributed by atoms with Crippen molar-refractivity contribution in [3.8, 4) is 67.1 Å². The molecule has 0 aliphatic carbocycles. The highest BCUT2D eigenvalue weighted by Gasteiger charge is 2.30. The maximum atomic E-state index is 6.49. The van der Waals surface area contributed by atoms with Gasteiger partial charge >= 0.3 is 0 Å². The predicted molar refractivity (Wildman–Crippen MR) is 192 cm³/mol. The number of pyridine rings is 2. The van der Waals surface area contributed by atoms with Gasteiger partial charge in [-0.1, -0.05) is 48.5 Å². The lowest BCUT2D eigenvalue weighted by Crippen LogP contribution is -2.34. The Labute approximate surface area is 278 Å². The maximum absolute atomic E-state index is 6.49. The van der Waals surface area contributed by atoms with E-state index < -0.39 is 5.79 Å². The van der Waals surface area contributed by atoms with Crippen LogP contribution in [0, 0.1) is 0 Å². The molecule has 0 saturated carbocycles. The van der Waals surface area contributed by atoms with E-state index in [2.05, 4.69) is 101 Å². The van der Waals surface area contributed by atoms with Crippen LogP contribution in [0.3, 0.4) is 0 Å². The molecule has 0 N–H and O–H groups in total. The van der Waals surface area contributed by atoms with Crippen molar-refractivity contribution in [3.05, 3.63) is 146 Å². The van der Waals surface area contributed by atoms with E-state index in [9.17, 15) is 0 Å². The third-order valence-electron chi connectivity index (χ3n) is 8.93. The number of ether oxygens (including phenoxy) is 2. The second kappa shape index (κ2) is 11.0. The van der Waals surface area contributed by atoms with Crippen molar-refractivity contribution in [2.24, 2.45) is 0 Å². The van der Waals surface area contributed by atoms with E-state index in [0.717, 1.165) is 89.1 Å². The van der Waals surface area contributed by atoms with Crippen molar-refractivity contribution in [2.75, 3.05) is 0 Å². The maximum Gasteiger partial charge on any atom is 0.245 e. The average molecular weight is 623 g/mol. The highest BCUT2D eigenvalue weighted by molar-refractivity contribution is 6.06. The molecule has 5 heteroatoms. The van der Waals surface area contributed by atoms with Crippen LogP contribution in [0.5, 0.6) is 11.5 Å². The Morgan fingerprint density at radius 1 is 0.438 bits per heavy atom. The first-order valence-electron chi connectivity index (χ1n) is 16.0. The number of hydrogen-bond acceptors (Lipinski definition) is 5. The molecule has 3 aromatic heterocycles. The van der Waals surface area contributed by atoms with Gasteiger partial charge in [0.25, 0.3) is 0 Å². The Morgan fingerprint density at radius 2 is 0.958 bits per heavy atom. The number of nitrogens with zero attached hydrogens (tertiary/aromatic N) is 2. The molecule has 8 aromatic rings. The smallest absolute Gasteiger partial charge is 0.245 e. The molecule has 1 aliphatic heterocycles. The topological polar surface area (TPSA) is 57.4 Å². The molecule has 230 valence electrons. The summed E-state index contributed by atoms with van der Waals surface area (Å²) in [4.78, 5) is 8.77. The normalized spacial score (nSPS) is 13.3. The summed E-state index contributed by atoms with van der Waals surface area (Å²) in [5, 5.41) is 2.20. The zero-order chi connectivity index (χ0) is 32.2. The predicted octanol–water partition coefficient (Wildman–Crippen LogP) is 11.2. The number of hydrogen-bond donors (Lipinski definition) is 0. The lowest BCUT2D eigenvalue weighted by molar-refractivity contribution is -0.0778. The van der Waals surface area contributed by atoms with Crippen LogP contribution in [-0.2, 0) is 0 Å². The van der Waals surface area contributed by atoms with Gasteiger partial charge in [-0.2, -0.15) is 0 Å². The second-order valence-electron chi connectivity index (χ2n) is 12.6. The van der Waals surface area contributed by atoms with Gasteiger partial charge < -0.3 is 13.9 Å². The molecule has 0 fully saturated rings. The molecule has 5 nitrogen and oxygen atoms in total. The van der Waals surface area contributed by atoms with E-state index in [1.54, 1.807) is 12.4 Å². The Hall–Kier alpha value is -6.20. The van der Waals surface area contributed by atoms with Crippen LogP contribution in [0.2, 0.25) is 0 Å². The third-order valence-corrected chi connectivity index (χ3v) is 8.93. The van der Waals surface area contributed by atoms with Gasteiger partial charge in [0.2, 0.25) is 5.79 Å². The summed E-state index contributed by atoms with van der Waals surface area (Å²) in [7, 11) is 0. The molecule has 0 unspecified atom stereocenters. The van der Waals surface area contributed by atoms with Crippen molar-refractivity contribution in [1.82, 2.24) is 9.97 Å². The van der Waals surface area contributed by atoms with E-state index in [4.69, 9.17) is 13.9 Å². The summed E-state index contributed by atoms with van der Waals surface area (Å²) in [6, 6.07) is 42.1. The van der Waals surface area contributed by atoms with Gasteiger partial charge in [0.1, 0.15) is 22.7 Å². The molecule has 48 heavy (non-hydrogen) atoms. The number of rotatable bonds is 4. The molecule has 0 atom stereocenters. The first kappa shape index (κ1) is 28.1. The summed E-state index contributed by atoms with van der Waals surface area (Å²) < 4.78 is 19.1. The molecule has 9 rings (SSSR count). The van der Waals surface area contributed by atoms with Gasteiger partial charge in [-0.15, -0.1) is 0 Å². The van der Waals surface area contributed by atoms with Gasteiger partial charge in [0, 0.05) is 71.7 Å². The SMILES string of the molecule is CC1(C)Oc2ccc(-c3cc(-c4cccnc4)cc(-c4cccnc4)c3)cc2-c2cc(-c3ccc4oc5ccccc5c4c3)ccc2O1. The minimum Gasteiger partial charge on any atom is -0.456 e. The van der Waals surface area contributed by atoms with Crippen molar-refractivity contribution < 1.29 is 13.9 Å². The van der Waals surface area contributed by atoms with E-state index in [1.807, 2.05) is 56.6 Å². The standard InChI is InChI=1S/C43H30N2O3/c1-43(2)47-41-15-12-28(27-11-14-40-36(22-27)35-9-3-4-10-39(35)46-40)23-37(41)38-24-29(13-16-42(38)48-43)32-19-33(30-7-5-17-44-25-30)21-34(20-32)31-8-6-18-45-26-31/h3-26H,1-2H3. The summed E-state index contributed by atoms with van der Waals surface area (Å²) in [6.45, 7) is 3.90. The molecule has 0 bridgehead atoms. The molecular weight excluding hydrogens is 592 g/mol. The quantitative estimate of drug-likeness (QED) is 0.195. The summed E-state index contributed by atoms with van der Waals surface area (Å²) in [6.07, 6.45) is 7.40. The minimum atomic E-state index is -0.856. The highest BCUT2D eigenvalue weighted by Crippen LogP contribution is 2.46. The van der Waals surface area contributed by atoms with Crippen molar-refractivity contribution in [2.45, 2.75) is 19.6 Å². The van der Waals surface area contributed by atoms with E-state index >= 15 is 0 Å². The van der Waals surface area contributed by atoms with Gasteiger partial charge in [0.05, 0.1) is 0 Å². The number of para-hydroxylation sites is 1. The molecular formula is C43H30N2O3. The van der Waals surface area contributed by atoms with Crippen molar-refractivity contribution >= 4 is 21.9 Å². The molecule has 0 spiro atoms. The summed E-state index contributed by atoms with van der Waals surface area (Å²) in [5.41, 5.74) is 12.3. The van der Waals surface area contributed by atoms with Gasteiger partial charge in [-0.05, 0) is 106 Å². The highest BCUT2D eigenvalue weighted by atomic mass is 16.7. The third kappa shape index (κ3) is 4.97. The van der Waals surface area contributed by atoms with Crippen LogP contribution >= 0.6 is 0 Å². The fourth-order valence-corrected chi connectivity index (χ4v) is 6.67. The molecule has 1 aliphatic rings. The van der Waals surface area contributed by atoms with Gasteiger partial charge in [-0.25, -0.2) is 0 Å². The molecule has 5 aromatic carbocycles. The molecule has 0 radical (unpaired) electrons. The lowest BCUT2D eigenvalue weighted by Gasteiger charge is -2.25. The second-order valence-corrected chi connectivity index (χ2v) is 12.6. The van der Waals surface area contributed by atoms with Crippen molar-refractivity contribution in [1.29, 1.82) is 0 Å². The van der Waals surface area contributed by atoms with E-state index in [1.165, 1.54) is 0 Å². The van der Waals surface area contributed by atoms with Gasteiger partial charge in [0.15, 0.2) is 0 Å². The Kier molecular flexibility index (Phi) is 6.40. The fraction of sp³-hybridized carbons (Fsp3) is 0.0698. The summed E-state index contributed by atoms with van der Waals surface area (Å²) >= 11 is 0. The van der Waals surface area contributed by atoms with Crippen molar-refractivity contribution in [3.63, 3.8) is 0 Å². The Balaban J connectivity index is 1.21. The van der Waals surface area contributed by atoms with Crippen LogP contribution < -0.4 is 9.47 Å². The molecule has 0 saturated heterocycles. The van der Waals surface area contributed by atoms with E-state index in [0.29, 0.717) is 0 Å². The number of benzene rings is 5. The number of fused-ring (bicyclic) bond motifs is 6. The molecule has 0 amide bonds. The number of aromatic nitrogens is 2. The zero-order valence-electron chi connectivity index (χ0n) is 26.5. The number of furan rings is 1. The van der Waals surface area contributed by atoms with Crippen LogP contribution in [0.4, 0.5) is 0 Å². The Morgan fingerprint density at radius 3 is 1.56 bits per heavy atom. The average Bonchev–Trinajstić information content (AvgIpc) is 3.45. The monoisotopic (exact) mass is 622 g/mol. The van der Waals surface area contributed by atoms with Crippen LogP contribution in [-0.4, -0.2) is 15.8 Å². The first-order valence-corrected chi connectivity index (χ1v) is 16.0. The largest absolute Gasteiger partial charge is 0.456 e. The molecule has 4 heterocycles. The lowest BCUT2D eigenvalue weighted by atomic mass is 9.91. The van der Waals surface area contributed by atoms with Crippen LogP contribution in [0.15, 0.2) is 151 Å². The Bertz CT molecular complexity index is 2430. The zero-order valence-corrected chi connectivity index (χ0v) is 26.5.